The third-order valence-electron chi connectivity index (χ3n) is 3.12. The number of non-ortho nitro benzene ring substituents is 1. The lowest BCUT2D eigenvalue weighted by molar-refractivity contribution is -0.385. The van der Waals surface area contributed by atoms with Gasteiger partial charge in [-0.15, -0.1) is 0 Å². The second kappa shape index (κ2) is 5.62. The fourth-order valence-electron chi connectivity index (χ4n) is 2.06. The van der Waals surface area contributed by atoms with Gasteiger partial charge in [-0.05, 0) is 31.2 Å². The highest BCUT2D eigenvalue weighted by molar-refractivity contribution is 5.50. The van der Waals surface area contributed by atoms with E-state index < -0.39 is 10.7 Å². The molecular formula is C13H15FN2O2. The van der Waals surface area contributed by atoms with E-state index >= 15 is 0 Å². The molecule has 1 aliphatic rings. The molecule has 0 amide bonds. The van der Waals surface area contributed by atoms with E-state index in [0.717, 1.165) is 25.3 Å². The predicted molar refractivity (Wildman–Crippen MR) is 68.0 cm³/mol. The van der Waals surface area contributed by atoms with Crippen LogP contribution >= 0.6 is 0 Å². The van der Waals surface area contributed by atoms with Crippen molar-refractivity contribution in [3.8, 4) is 0 Å². The Morgan fingerprint density at radius 3 is 2.89 bits per heavy atom. The van der Waals surface area contributed by atoms with Crippen molar-refractivity contribution in [3.63, 3.8) is 0 Å². The van der Waals surface area contributed by atoms with Gasteiger partial charge in [-0.1, -0.05) is 12.2 Å². The Balaban J connectivity index is 1.97. The van der Waals surface area contributed by atoms with E-state index in [1.165, 1.54) is 12.1 Å². The molecule has 1 aromatic rings. The van der Waals surface area contributed by atoms with Gasteiger partial charge in [-0.3, -0.25) is 10.1 Å². The fraction of sp³-hybridized carbons (Fsp3) is 0.385. The molecule has 0 saturated heterocycles. The fourth-order valence-corrected chi connectivity index (χ4v) is 2.06. The topological polar surface area (TPSA) is 55.2 Å². The zero-order valence-electron chi connectivity index (χ0n) is 9.93. The molecule has 0 heterocycles. The molecule has 0 bridgehead atoms. The van der Waals surface area contributed by atoms with Gasteiger partial charge in [-0.2, -0.15) is 0 Å². The molecule has 2 rings (SSSR count). The Hall–Kier alpha value is -1.91. The predicted octanol–water partition coefficient (Wildman–Crippen LogP) is 3.50. The van der Waals surface area contributed by atoms with Gasteiger partial charge >= 0.3 is 0 Å². The maximum atomic E-state index is 13.6. The Labute approximate surface area is 105 Å². The second-order valence-corrected chi connectivity index (χ2v) is 4.45. The smallest absolute Gasteiger partial charge is 0.272 e. The van der Waals surface area contributed by atoms with Crippen molar-refractivity contribution in [3.05, 3.63) is 46.3 Å². The average Bonchev–Trinajstić information content (AvgIpc) is 2.38. The SMILES string of the molecule is O=[N+]([O-])c1ccc(NCC2CC=CCC2)c(F)c1. The molecule has 0 aromatic heterocycles. The molecule has 1 aliphatic carbocycles. The molecule has 1 unspecified atom stereocenters. The number of rotatable bonds is 4. The number of nitro groups is 1. The number of benzene rings is 1. The number of anilines is 1. The molecule has 1 atom stereocenters. The summed E-state index contributed by atoms with van der Waals surface area (Å²) in [7, 11) is 0. The van der Waals surface area contributed by atoms with Crippen molar-refractivity contribution in [2.24, 2.45) is 5.92 Å². The van der Waals surface area contributed by atoms with Crippen molar-refractivity contribution >= 4 is 11.4 Å². The lowest BCUT2D eigenvalue weighted by atomic mass is 9.94. The summed E-state index contributed by atoms with van der Waals surface area (Å²) in [5.41, 5.74) is 0.105. The van der Waals surface area contributed by atoms with E-state index in [1.54, 1.807) is 0 Å². The standard InChI is InChI=1S/C13H15FN2O2/c14-12-8-11(16(17)18)6-7-13(12)15-9-10-4-2-1-3-5-10/h1-2,6-8,10,15H,3-5,9H2. The third-order valence-corrected chi connectivity index (χ3v) is 3.12. The summed E-state index contributed by atoms with van der Waals surface area (Å²) in [5, 5.41) is 13.5. The van der Waals surface area contributed by atoms with Crippen LogP contribution in [0, 0.1) is 21.8 Å². The van der Waals surface area contributed by atoms with Crippen LogP contribution in [0.5, 0.6) is 0 Å². The van der Waals surface area contributed by atoms with E-state index in [0.29, 0.717) is 18.2 Å². The lowest BCUT2D eigenvalue weighted by Crippen LogP contribution is -2.16. The van der Waals surface area contributed by atoms with Gasteiger partial charge in [0.15, 0.2) is 5.82 Å². The summed E-state index contributed by atoms with van der Waals surface area (Å²) in [6, 6.07) is 3.68. The van der Waals surface area contributed by atoms with Crippen LogP contribution in [0.2, 0.25) is 0 Å². The van der Waals surface area contributed by atoms with Crippen LogP contribution in [0.15, 0.2) is 30.4 Å². The highest BCUT2D eigenvalue weighted by Crippen LogP contribution is 2.23. The van der Waals surface area contributed by atoms with Gasteiger partial charge in [0.05, 0.1) is 16.7 Å². The van der Waals surface area contributed by atoms with Crippen molar-refractivity contribution in [1.82, 2.24) is 0 Å². The maximum absolute atomic E-state index is 13.6. The Kier molecular flexibility index (Phi) is 3.92. The van der Waals surface area contributed by atoms with Gasteiger partial charge in [0.25, 0.3) is 5.69 Å². The summed E-state index contributed by atoms with van der Waals surface area (Å²) in [5.74, 6) is -0.0693. The van der Waals surface area contributed by atoms with Crippen molar-refractivity contribution in [1.29, 1.82) is 0 Å². The summed E-state index contributed by atoms with van der Waals surface area (Å²) in [6.45, 7) is 0.694. The third kappa shape index (κ3) is 3.06. The number of nitrogens with one attached hydrogen (secondary N) is 1. The van der Waals surface area contributed by atoms with Crippen LogP contribution in [0.4, 0.5) is 15.8 Å². The number of allylic oxidation sites excluding steroid dienone is 2. The highest BCUT2D eigenvalue weighted by Gasteiger charge is 2.13. The van der Waals surface area contributed by atoms with Gasteiger partial charge in [0.1, 0.15) is 0 Å². The molecule has 5 heteroatoms. The number of nitrogens with zero attached hydrogens (tertiary/aromatic N) is 1. The Morgan fingerprint density at radius 1 is 1.44 bits per heavy atom. The number of hydrogen-bond acceptors (Lipinski definition) is 3. The van der Waals surface area contributed by atoms with E-state index in [2.05, 4.69) is 17.5 Å². The van der Waals surface area contributed by atoms with Crippen LogP contribution in [0.25, 0.3) is 0 Å². The lowest BCUT2D eigenvalue weighted by Gasteiger charge is -2.18. The number of halogens is 1. The number of hydrogen-bond donors (Lipinski definition) is 1. The van der Waals surface area contributed by atoms with E-state index in [1.807, 2.05) is 0 Å². The zero-order valence-corrected chi connectivity index (χ0v) is 9.93. The normalized spacial score (nSPS) is 18.6. The minimum Gasteiger partial charge on any atom is -0.382 e. The van der Waals surface area contributed by atoms with E-state index in [4.69, 9.17) is 0 Å². The Bertz CT molecular complexity index is 474. The van der Waals surface area contributed by atoms with Crippen molar-refractivity contribution in [2.45, 2.75) is 19.3 Å². The van der Waals surface area contributed by atoms with Crippen LogP contribution in [0.3, 0.4) is 0 Å². The molecule has 0 spiro atoms. The van der Waals surface area contributed by atoms with Crippen LogP contribution in [-0.2, 0) is 0 Å². The maximum Gasteiger partial charge on any atom is 0.272 e. The quantitative estimate of drug-likeness (QED) is 0.505. The monoisotopic (exact) mass is 250 g/mol. The molecule has 0 radical (unpaired) electrons. The van der Waals surface area contributed by atoms with Crippen LogP contribution < -0.4 is 5.32 Å². The molecule has 0 fully saturated rings. The summed E-state index contributed by atoms with van der Waals surface area (Å²) in [4.78, 5) is 9.88. The van der Waals surface area contributed by atoms with Crippen LogP contribution in [0.1, 0.15) is 19.3 Å². The molecule has 96 valence electrons. The zero-order chi connectivity index (χ0) is 13.0. The molecule has 1 aromatic carbocycles. The first-order valence-corrected chi connectivity index (χ1v) is 5.99. The second-order valence-electron chi connectivity index (χ2n) is 4.45. The Morgan fingerprint density at radius 2 is 2.28 bits per heavy atom. The van der Waals surface area contributed by atoms with Gasteiger partial charge in [0, 0.05) is 12.6 Å². The minimum absolute atomic E-state index is 0.223. The molecule has 1 N–H and O–H groups in total. The molecule has 18 heavy (non-hydrogen) atoms. The minimum atomic E-state index is -0.598. The molecule has 0 aliphatic heterocycles. The van der Waals surface area contributed by atoms with Gasteiger partial charge in [-0.25, -0.2) is 4.39 Å². The first-order valence-electron chi connectivity index (χ1n) is 5.99. The van der Waals surface area contributed by atoms with E-state index in [-0.39, 0.29) is 5.69 Å². The highest BCUT2D eigenvalue weighted by atomic mass is 19.1. The largest absolute Gasteiger partial charge is 0.382 e. The van der Waals surface area contributed by atoms with Gasteiger partial charge in [0.2, 0.25) is 0 Å². The van der Waals surface area contributed by atoms with Gasteiger partial charge < -0.3 is 5.32 Å². The van der Waals surface area contributed by atoms with E-state index in [9.17, 15) is 14.5 Å². The first-order chi connectivity index (χ1) is 8.66. The number of nitro benzene ring substituents is 1. The summed E-state index contributed by atoms with van der Waals surface area (Å²) < 4.78 is 13.6. The first kappa shape index (κ1) is 12.5. The van der Waals surface area contributed by atoms with Crippen molar-refractivity contribution in [2.75, 3.05) is 11.9 Å². The average molecular weight is 250 g/mol. The molecule has 4 nitrogen and oxygen atoms in total. The summed E-state index contributed by atoms with van der Waals surface area (Å²) in [6.07, 6.45) is 7.46. The summed E-state index contributed by atoms with van der Waals surface area (Å²) >= 11 is 0. The molecular weight excluding hydrogens is 235 g/mol. The van der Waals surface area contributed by atoms with Crippen molar-refractivity contribution < 1.29 is 9.31 Å². The van der Waals surface area contributed by atoms with Crippen LogP contribution in [-0.4, -0.2) is 11.5 Å². The molecule has 0 saturated carbocycles.